The molecule has 0 amide bonds. The Morgan fingerprint density at radius 2 is 2.12 bits per heavy atom. The van der Waals surface area contributed by atoms with E-state index < -0.39 is 0 Å². The van der Waals surface area contributed by atoms with E-state index in [-0.39, 0.29) is 0 Å². The quantitative estimate of drug-likeness (QED) is 0.343. The van der Waals surface area contributed by atoms with Gasteiger partial charge in [-0.2, -0.15) is 16.3 Å². The third-order valence-electron chi connectivity index (χ3n) is 4.47. The van der Waals surface area contributed by atoms with Crippen LogP contribution in [0.25, 0.3) is 21.6 Å². The van der Waals surface area contributed by atoms with Crippen LogP contribution in [-0.2, 0) is 18.6 Å². The topological polar surface area (TPSA) is 64.7 Å². The average Bonchev–Trinajstić information content (AvgIpc) is 3.37. The number of thioether (sulfide) groups is 1. The summed E-state index contributed by atoms with van der Waals surface area (Å²) in [6.45, 7) is 1.96. The molecule has 26 heavy (non-hydrogen) atoms. The number of rotatable bonds is 4. The number of aromatic nitrogens is 4. The van der Waals surface area contributed by atoms with E-state index in [1.54, 1.807) is 23.1 Å². The van der Waals surface area contributed by atoms with Crippen molar-refractivity contribution in [2.75, 3.05) is 0 Å². The molecular formula is C18H16N4OS3. The zero-order chi connectivity index (χ0) is 17.5. The Bertz CT molecular complexity index is 1070. The Labute approximate surface area is 162 Å². The predicted molar refractivity (Wildman–Crippen MR) is 106 cm³/mol. The maximum absolute atomic E-state index is 5.43. The lowest BCUT2D eigenvalue weighted by Crippen LogP contribution is -1.99. The standard InChI is InChI=1S/C18H16N4OS3/c1-10-19-17(15-12-4-2-3-5-13(12)26-18(15)20-10)25-9-14-21-16(22-23-14)11-6-7-24-8-11/h6-8H,2-5,9H2,1H3. The maximum atomic E-state index is 5.43. The highest BCUT2D eigenvalue weighted by molar-refractivity contribution is 7.98. The second kappa shape index (κ2) is 6.75. The highest BCUT2D eigenvalue weighted by Crippen LogP contribution is 2.40. The molecule has 132 valence electrons. The first-order chi connectivity index (χ1) is 12.8. The molecule has 4 heterocycles. The van der Waals surface area contributed by atoms with Gasteiger partial charge in [0.05, 0.1) is 5.75 Å². The molecule has 0 aliphatic heterocycles. The Hall–Kier alpha value is -1.77. The molecule has 0 unspecified atom stereocenters. The molecule has 5 nitrogen and oxygen atoms in total. The lowest BCUT2D eigenvalue weighted by Gasteiger charge is -2.11. The fraction of sp³-hybridized carbons (Fsp3) is 0.333. The molecular weight excluding hydrogens is 384 g/mol. The summed E-state index contributed by atoms with van der Waals surface area (Å²) in [7, 11) is 0. The SMILES string of the molecule is Cc1nc(SCc2nc(-c3ccsc3)no2)c2c3c(sc2n1)CCCC3. The average molecular weight is 401 g/mol. The number of hydrogen-bond acceptors (Lipinski definition) is 8. The molecule has 0 bridgehead atoms. The van der Waals surface area contributed by atoms with Crippen molar-refractivity contribution in [1.82, 2.24) is 20.1 Å². The van der Waals surface area contributed by atoms with E-state index in [4.69, 9.17) is 9.51 Å². The summed E-state index contributed by atoms with van der Waals surface area (Å²) in [5, 5.41) is 10.4. The van der Waals surface area contributed by atoms with Crippen LogP contribution in [0, 0.1) is 6.92 Å². The van der Waals surface area contributed by atoms with Crippen molar-refractivity contribution in [3.8, 4) is 11.4 Å². The summed E-state index contributed by atoms with van der Waals surface area (Å²) in [5.74, 6) is 2.72. The Morgan fingerprint density at radius 1 is 1.19 bits per heavy atom. The second-order valence-corrected chi connectivity index (χ2v) is 9.11. The number of fused-ring (bicyclic) bond motifs is 3. The molecule has 0 N–H and O–H groups in total. The van der Waals surface area contributed by atoms with Gasteiger partial charge in [-0.1, -0.05) is 16.9 Å². The van der Waals surface area contributed by atoms with Crippen LogP contribution in [0.3, 0.4) is 0 Å². The van der Waals surface area contributed by atoms with Crippen molar-refractivity contribution in [3.63, 3.8) is 0 Å². The van der Waals surface area contributed by atoms with Crippen LogP contribution in [0.2, 0.25) is 0 Å². The van der Waals surface area contributed by atoms with Gasteiger partial charge in [0, 0.05) is 21.2 Å². The van der Waals surface area contributed by atoms with E-state index in [9.17, 15) is 0 Å². The summed E-state index contributed by atoms with van der Waals surface area (Å²) < 4.78 is 5.43. The Morgan fingerprint density at radius 3 is 3.00 bits per heavy atom. The van der Waals surface area contributed by atoms with Gasteiger partial charge in [0.25, 0.3) is 0 Å². The monoisotopic (exact) mass is 400 g/mol. The third-order valence-corrected chi connectivity index (χ3v) is 7.30. The van der Waals surface area contributed by atoms with Crippen LogP contribution in [0.1, 0.15) is 35.0 Å². The van der Waals surface area contributed by atoms with E-state index in [2.05, 4.69) is 15.1 Å². The number of hydrogen-bond donors (Lipinski definition) is 0. The summed E-state index contributed by atoms with van der Waals surface area (Å²) in [5.41, 5.74) is 2.46. The van der Waals surface area contributed by atoms with Crippen molar-refractivity contribution in [2.24, 2.45) is 0 Å². The molecule has 8 heteroatoms. The third kappa shape index (κ3) is 2.95. The number of thiophene rings is 2. The van der Waals surface area contributed by atoms with E-state index >= 15 is 0 Å². The van der Waals surface area contributed by atoms with E-state index in [0.29, 0.717) is 17.5 Å². The van der Waals surface area contributed by atoms with Crippen LogP contribution in [0.4, 0.5) is 0 Å². The molecule has 4 aromatic rings. The normalized spacial score (nSPS) is 14.0. The summed E-state index contributed by atoms with van der Waals surface area (Å²) in [6.07, 6.45) is 4.85. The number of nitrogens with zero attached hydrogens (tertiary/aromatic N) is 4. The minimum atomic E-state index is 0.618. The molecule has 4 aromatic heterocycles. The van der Waals surface area contributed by atoms with E-state index in [1.165, 1.54) is 35.1 Å². The van der Waals surface area contributed by atoms with Crippen LogP contribution < -0.4 is 0 Å². The second-order valence-electron chi connectivity index (χ2n) is 6.28. The van der Waals surface area contributed by atoms with Gasteiger partial charge >= 0.3 is 0 Å². The van der Waals surface area contributed by atoms with Gasteiger partial charge in [0.2, 0.25) is 11.7 Å². The van der Waals surface area contributed by atoms with Gasteiger partial charge in [-0.25, -0.2) is 9.97 Å². The predicted octanol–water partition coefficient (Wildman–Crippen LogP) is 5.28. The lowest BCUT2D eigenvalue weighted by molar-refractivity contribution is 0.391. The van der Waals surface area contributed by atoms with Gasteiger partial charge in [-0.3, -0.25) is 0 Å². The van der Waals surface area contributed by atoms with Crippen molar-refractivity contribution in [3.05, 3.63) is 39.0 Å². The summed E-state index contributed by atoms with van der Waals surface area (Å²) in [4.78, 5) is 16.5. The fourth-order valence-corrected chi connectivity index (χ4v) is 6.23. The molecule has 0 saturated carbocycles. The van der Waals surface area contributed by atoms with Crippen molar-refractivity contribution in [1.29, 1.82) is 0 Å². The van der Waals surface area contributed by atoms with Crippen LogP contribution in [0.5, 0.6) is 0 Å². The summed E-state index contributed by atoms with van der Waals surface area (Å²) in [6, 6.07) is 2.00. The van der Waals surface area contributed by atoms with E-state index in [0.717, 1.165) is 27.7 Å². The molecule has 0 fully saturated rings. The molecule has 1 aliphatic rings. The van der Waals surface area contributed by atoms with Gasteiger partial charge in [-0.05, 0) is 49.6 Å². The Kier molecular flexibility index (Phi) is 4.26. The molecule has 1 aliphatic carbocycles. The van der Waals surface area contributed by atoms with Crippen LogP contribution >= 0.6 is 34.4 Å². The minimum absolute atomic E-state index is 0.618. The zero-order valence-electron chi connectivity index (χ0n) is 14.2. The first kappa shape index (κ1) is 16.4. The van der Waals surface area contributed by atoms with Gasteiger partial charge in [0.1, 0.15) is 15.7 Å². The largest absolute Gasteiger partial charge is 0.338 e. The summed E-state index contributed by atoms with van der Waals surface area (Å²) >= 11 is 5.13. The van der Waals surface area contributed by atoms with E-state index in [1.807, 2.05) is 35.1 Å². The maximum Gasteiger partial charge on any atom is 0.237 e. The highest BCUT2D eigenvalue weighted by atomic mass is 32.2. The molecule has 0 atom stereocenters. The molecule has 0 saturated heterocycles. The smallest absolute Gasteiger partial charge is 0.237 e. The molecule has 5 rings (SSSR count). The zero-order valence-corrected chi connectivity index (χ0v) is 16.6. The van der Waals surface area contributed by atoms with Crippen molar-refractivity contribution < 1.29 is 4.52 Å². The van der Waals surface area contributed by atoms with Gasteiger partial charge in [0.15, 0.2) is 0 Å². The van der Waals surface area contributed by atoms with Crippen molar-refractivity contribution in [2.45, 2.75) is 43.4 Å². The van der Waals surface area contributed by atoms with Crippen molar-refractivity contribution >= 4 is 44.7 Å². The van der Waals surface area contributed by atoms with Crippen LogP contribution in [-0.4, -0.2) is 20.1 Å². The highest BCUT2D eigenvalue weighted by Gasteiger charge is 2.21. The lowest BCUT2D eigenvalue weighted by atomic mass is 9.97. The molecule has 0 radical (unpaired) electrons. The first-order valence-corrected chi connectivity index (χ1v) is 11.3. The Balaban J connectivity index is 1.45. The number of aryl methyl sites for hydroxylation is 3. The fourth-order valence-electron chi connectivity index (χ4n) is 3.28. The first-order valence-electron chi connectivity index (χ1n) is 8.55. The molecule has 0 aromatic carbocycles. The van der Waals surface area contributed by atoms with Crippen LogP contribution in [0.15, 0.2) is 26.4 Å². The van der Waals surface area contributed by atoms with Gasteiger partial charge in [-0.15, -0.1) is 11.3 Å². The molecule has 0 spiro atoms. The van der Waals surface area contributed by atoms with Gasteiger partial charge < -0.3 is 4.52 Å². The minimum Gasteiger partial charge on any atom is -0.338 e.